The predicted octanol–water partition coefficient (Wildman–Crippen LogP) is 1.64. The molecule has 2 aromatic rings. The molecule has 0 saturated heterocycles. The molecule has 4 N–H and O–H groups in total. The fourth-order valence-electron chi connectivity index (χ4n) is 1.62. The molecule has 0 saturated carbocycles. The smallest absolute Gasteiger partial charge is 0.251 e. The Labute approximate surface area is 109 Å². The SMILES string of the molecule is CC(N)c1ccc(-n2cc(C(N)=O)cn2)cc1Cl. The van der Waals surface area contributed by atoms with Crippen LogP contribution in [-0.4, -0.2) is 15.7 Å². The molecule has 1 heterocycles. The van der Waals surface area contributed by atoms with Crippen molar-refractivity contribution in [3.63, 3.8) is 0 Å². The number of nitrogens with two attached hydrogens (primary N) is 2. The molecular weight excluding hydrogens is 252 g/mol. The van der Waals surface area contributed by atoms with Crippen LogP contribution in [0.5, 0.6) is 0 Å². The number of benzene rings is 1. The lowest BCUT2D eigenvalue weighted by Gasteiger charge is -2.10. The summed E-state index contributed by atoms with van der Waals surface area (Å²) in [5, 5.41) is 4.62. The van der Waals surface area contributed by atoms with Gasteiger partial charge in [0.25, 0.3) is 5.91 Å². The van der Waals surface area contributed by atoms with Crippen LogP contribution in [0.15, 0.2) is 30.6 Å². The summed E-state index contributed by atoms with van der Waals surface area (Å²) in [6.45, 7) is 1.86. The van der Waals surface area contributed by atoms with Gasteiger partial charge in [-0.1, -0.05) is 17.7 Å². The van der Waals surface area contributed by atoms with Crippen molar-refractivity contribution in [2.45, 2.75) is 13.0 Å². The Kier molecular flexibility index (Phi) is 3.36. The van der Waals surface area contributed by atoms with E-state index in [-0.39, 0.29) is 6.04 Å². The van der Waals surface area contributed by atoms with Crippen molar-refractivity contribution >= 4 is 17.5 Å². The number of amides is 1. The van der Waals surface area contributed by atoms with Crippen LogP contribution < -0.4 is 11.5 Å². The number of primary amides is 1. The van der Waals surface area contributed by atoms with Crippen molar-refractivity contribution in [1.82, 2.24) is 9.78 Å². The Bertz CT molecular complexity index is 592. The Balaban J connectivity index is 2.39. The number of carbonyl (C=O) groups excluding carboxylic acids is 1. The number of nitrogens with zero attached hydrogens (tertiary/aromatic N) is 2. The molecule has 1 unspecified atom stereocenters. The second-order valence-corrected chi connectivity index (χ2v) is 4.44. The Morgan fingerprint density at radius 3 is 2.72 bits per heavy atom. The highest BCUT2D eigenvalue weighted by atomic mass is 35.5. The van der Waals surface area contributed by atoms with Crippen LogP contribution in [0, 0.1) is 0 Å². The molecular formula is C12H13ClN4O. The Hall–Kier alpha value is -1.85. The van der Waals surface area contributed by atoms with E-state index in [1.54, 1.807) is 12.3 Å². The van der Waals surface area contributed by atoms with Crippen molar-refractivity contribution in [3.8, 4) is 5.69 Å². The van der Waals surface area contributed by atoms with E-state index in [0.717, 1.165) is 11.3 Å². The minimum Gasteiger partial charge on any atom is -0.366 e. The lowest BCUT2D eigenvalue weighted by Crippen LogP contribution is -2.09. The summed E-state index contributed by atoms with van der Waals surface area (Å²) in [4.78, 5) is 11.0. The van der Waals surface area contributed by atoms with Crippen LogP contribution in [0.1, 0.15) is 28.9 Å². The molecule has 1 aromatic heterocycles. The quantitative estimate of drug-likeness (QED) is 0.884. The van der Waals surface area contributed by atoms with Crippen LogP contribution >= 0.6 is 11.6 Å². The largest absolute Gasteiger partial charge is 0.366 e. The van der Waals surface area contributed by atoms with Crippen molar-refractivity contribution in [2.75, 3.05) is 0 Å². The van der Waals surface area contributed by atoms with Crippen LogP contribution in [0.3, 0.4) is 0 Å². The third-order valence-corrected chi connectivity index (χ3v) is 2.93. The molecule has 94 valence electrons. The Morgan fingerprint density at radius 2 is 2.22 bits per heavy atom. The fourth-order valence-corrected chi connectivity index (χ4v) is 1.97. The number of halogens is 1. The van der Waals surface area contributed by atoms with Gasteiger partial charge < -0.3 is 11.5 Å². The second-order valence-electron chi connectivity index (χ2n) is 4.03. The van der Waals surface area contributed by atoms with Gasteiger partial charge in [-0.05, 0) is 24.6 Å². The lowest BCUT2D eigenvalue weighted by atomic mass is 10.1. The maximum atomic E-state index is 11.0. The molecule has 0 aliphatic heterocycles. The van der Waals surface area contributed by atoms with Gasteiger partial charge in [-0.25, -0.2) is 4.68 Å². The molecule has 0 radical (unpaired) electrons. The molecule has 6 heteroatoms. The Morgan fingerprint density at radius 1 is 1.50 bits per heavy atom. The van der Waals surface area contributed by atoms with Gasteiger partial charge in [-0.3, -0.25) is 4.79 Å². The summed E-state index contributed by atoms with van der Waals surface area (Å²) in [6, 6.07) is 5.29. The molecule has 5 nitrogen and oxygen atoms in total. The van der Waals surface area contributed by atoms with E-state index in [0.29, 0.717) is 10.6 Å². The third-order valence-electron chi connectivity index (χ3n) is 2.61. The number of rotatable bonds is 3. The van der Waals surface area contributed by atoms with Gasteiger partial charge in [-0.15, -0.1) is 0 Å². The number of hydrogen-bond acceptors (Lipinski definition) is 3. The van der Waals surface area contributed by atoms with Gasteiger partial charge in [0.2, 0.25) is 0 Å². The average Bonchev–Trinajstić information content (AvgIpc) is 2.77. The zero-order valence-electron chi connectivity index (χ0n) is 9.80. The number of hydrogen-bond donors (Lipinski definition) is 2. The molecule has 1 amide bonds. The first-order valence-electron chi connectivity index (χ1n) is 5.39. The van der Waals surface area contributed by atoms with Gasteiger partial charge in [0.05, 0.1) is 17.4 Å². The molecule has 0 fully saturated rings. The summed E-state index contributed by atoms with van der Waals surface area (Å²) < 4.78 is 1.54. The molecule has 0 bridgehead atoms. The molecule has 0 spiro atoms. The summed E-state index contributed by atoms with van der Waals surface area (Å²) in [5.41, 5.74) is 12.9. The van der Waals surface area contributed by atoms with Crippen molar-refractivity contribution < 1.29 is 4.79 Å². The monoisotopic (exact) mass is 264 g/mol. The number of aromatic nitrogens is 2. The van der Waals surface area contributed by atoms with E-state index < -0.39 is 5.91 Å². The third kappa shape index (κ3) is 2.37. The summed E-state index contributed by atoms with van der Waals surface area (Å²) in [6.07, 6.45) is 2.97. The molecule has 18 heavy (non-hydrogen) atoms. The molecule has 2 rings (SSSR count). The molecule has 1 atom stereocenters. The van der Waals surface area contributed by atoms with Crippen molar-refractivity contribution in [3.05, 3.63) is 46.7 Å². The van der Waals surface area contributed by atoms with Gasteiger partial charge in [0, 0.05) is 17.3 Å². The van der Waals surface area contributed by atoms with Gasteiger partial charge >= 0.3 is 0 Å². The van der Waals surface area contributed by atoms with Crippen LogP contribution in [0.2, 0.25) is 5.02 Å². The van der Waals surface area contributed by atoms with E-state index in [1.165, 1.54) is 10.9 Å². The zero-order valence-corrected chi connectivity index (χ0v) is 10.6. The van der Waals surface area contributed by atoms with Crippen molar-refractivity contribution in [1.29, 1.82) is 0 Å². The zero-order chi connectivity index (χ0) is 13.3. The summed E-state index contributed by atoms with van der Waals surface area (Å²) >= 11 is 6.13. The molecule has 1 aromatic carbocycles. The van der Waals surface area contributed by atoms with E-state index in [1.807, 2.05) is 19.1 Å². The minimum absolute atomic E-state index is 0.134. The highest BCUT2D eigenvalue weighted by molar-refractivity contribution is 6.31. The topological polar surface area (TPSA) is 86.9 Å². The highest BCUT2D eigenvalue weighted by Gasteiger charge is 2.09. The van der Waals surface area contributed by atoms with E-state index in [4.69, 9.17) is 23.1 Å². The summed E-state index contributed by atoms with van der Waals surface area (Å²) in [5.74, 6) is -0.514. The van der Waals surface area contributed by atoms with Crippen LogP contribution in [0.25, 0.3) is 5.69 Å². The van der Waals surface area contributed by atoms with Crippen LogP contribution in [0.4, 0.5) is 0 Å². The maximum Gasteiger partial charge on any atom is 0.251 e. The first-order valence-corrected chi connectivity index (χ1v) is 5.76. The first-order chi connectivity index (χ1) is 8.49. The van der Waals surface area contributed by atoms with Gasteiger partial charge in [0.15, 0.2) is 0 Å². The summed E-state index contributed by atoms with van der Waals surface area (Å²) in [7, 11) is 0. The predicted molar refractivity (Wildman–Crippen MR) is 69.7 cm³/mol. The first kappa shape index (κ1) is 12.6. The average molecular weight is 265 g/mol. The standard InChI is InChI=1S/C12H13ClN4O/c1-7(14)10-3-2-9(4-11(10)13)17-6-8(5-16-17)12(15)18/h2-7H,14H2,1H3,(H2,15,18). The van der Waals surface area contributed by atoms with E-state index in [2.05, 4.69) is 5.10 Å². The maximum absolute atomic E-state index is 11.0. The van der Waals surface area contributed by atoms with E-state index in [9.17, 15) is 4.79 Å². The number of carbonyl (C=O) groups is 1. The van der Waals surface area contributed by atoms with Crippen LogP contribution in [-0.2, 0) is 0 Å². The minimum atomic E-state index is -0.514. The highest BCUT2D eigenvalue weighted by Crippen LogP contribution is 2.24. The van der Waals surface area contributed by atoms with E-state index >= 15 is 0 Å². The van der Waals surface area contributed by atoms with Gasteiger partial charge in [0.1, 0.15) is 0 Å². The lowest BCUT2D eigenvalue weighted by molar-refractivity contribution is 0.100. The van der Waals surface area contributed by atoms with Gasteiger partial charge in [-0.2, -0.15) is 5.10 Å². The van der Waals surface area contributed by atoms with Crippen molar-refractivity contribution in [2.24, 2.45) is 11.5 Å². The molecule has 0 aliphatic rings. The second kappa shape index (κ2) is 4.80. The normalized spacial score (nSPS) is 12.4. The fraction of sp³-hybridized carbons (Fsp3) is 0.167. The molecule has 0 aliphatic carbocycles.